The number of nitrogens with zero attached hydrogens (tertiary/aromatic N) is 4. The number of hydrogen-bond donors (Lipinski definition) is 4. The van der Waals surface area contributed by atoms with E-state index in [1.807, 2.05) is 6.07 Å². The number of imidazole rings is 1. The molecule has 1 aliphatic carbocycles. The number of rotatable bonds is 3. The minimum atomic E-state index is -1.23. The number of carbonyl (C=O) groups excluding carboxylic acids is 1. The predicted molar refractivity (Wildman–Crippen MR) is 118 cm³/mol. The van der Waals surface area contributed by atoms with E-state index in [1.54, 1.807) is 24.6 Å². The van der Waals surface area contributed by atoms with Crippen LogP contribution in [0.3, 0.4) is 0 Å². The summed E-state index contributed by atoms with van der Waals surface area (Å²) < 4.78 is 2.32. The van der Waals surface area contributed by atoms with E-state index in [2.05, 4.69) is 37.4 Å². The van der Waals surface area contributed by atoms with Crippen molar-refractivity contribution in [2.75, 3.05) is 19.4 Å². The second-order valence-electron chi connectivity index (χ2n) is 7.53. The Hall–Kier alpha value is -2.71. The normalized spacial score (nSPS) is 25.3. The maximum absolute atomic E-state index is 12.4. The number of anilines is 1. The molecule has 1 saturated carbocycles. The fourth-order valence-electron chi connectivity index (χ4n) is 3.93. The lowest BCUT2D eigenvalue weighted by Gasteiger charge is -2.26. The Morgan fingerprint density at radius 3 is 2.74 bits per heavy atom. The minimum Gasteiger partial charge on any atom is -0.389 e. The van der Waals surface area contributed by atoms with E-state index in [1.165, 1.54) is 24.7 Å². The van der Waals surface area contributed by atoms with Gasteiger partial charge in [-0.15, -0.1) is 11.3 Å². The van der Waals surface area contributed by atoms with Crippen LogP contribution in [0.5, 0.6) is 0 Å². The molecule has 1 aliphatic rings. The number of nitrogens with one attached hydrogen (secondary N) is 2. The molecular formula is C20H21ClN6O3S. The first-order valence-electron chi connectivity index (χ1n) is 9.56. The summed E-state index contributed by atoms with van der Waals surface area (Å²) in [6.45, 7) is 1.63. The lowest BCUT2D eigenvalue weighted by Crippen LogP contribution is -2.45. The summed E-state index contributed by atoms with van der Waals surface area (Å²) in [5.74, 6) is 6.34. The molecule has 4 atom stereocenters. The molecule has 0 radical (unpaired) electrons. The van der Waals surface area contributed by atoms with Crippen molar-refractivity contribution in [2.45, 2.75) is 31.6 Å². The van der Waals surface area contributed by atoms with Gasteiger partial charge in [0.25, 0.3) is 0 Å². The third-order valence-electron chi connectivity index (χ3n) is 5.64. The first kappa shape index (κ1) is 21.5. The molecule has 9 nitrogen and oxygen atoms in total. The van der Waals surface area contributed by atoms with Crippen molar-refractivity contribution in [3.05, 3.63) is 33.5 Å². The van der Waals surface area contributed by atoms with Crippen molar-refractivity contribution in [2.24, 2.45) is 5.41 Å². The van der Waals surface area contributed by atoms with Crippen molar-refractivity contribution in [1.29, 1.82) is 0 Å². The van der Waals surface area contributed by atoms with Gasteiger partial charge in [-0.2, -0.15) is 0 Å². The number of aliphatic hydroxyl groups excluding tert-OH is 2. The van der Waals surface area contributed by atoms with Gasteiger partial charge in [0.1, 0.15) is 6.10 Å². The molecule has 31 heavy (non-hydrogen) atoms. The van der Waals surface area contributed by atoms with Gasteiger partial charge in [0.05, 0.1) is 33.1 Å². The monoisotopic (exact) mass is 460 g/mol. The summed E-state index contributed by atoms with van der Waals surface area (Å²) in [7, 11) is 3.22. The van der Waals surface area contributed by atoms with Gasteiger partial charge in [-0.1, -0.05) is 11.6 Å². The maximum Gasteiger partial charge on any atom is 0.228 e. The smallest absolute Gasteiger partial charge is 0.228 e. The van der Waals surface area contributed by atoms with Gasteiger partial charge in [-0.25, -0.2) is 15.0 Å². The molecule has 4 rings (SSSR count). The number of amides is 1. The molecule has 3 heterocycles. The standard InChI is InChI=1S/C20H21ClN6O3S/c1-20(19(30)23-3)8-11(15(28)16(20)29)27-9-24-14-17(22-2)25-13(26-18(14)27)7-5-10-4-6-12(21)31-10/h4,6,9,11,15-16,28-29H,8H2,1-3H3,(H,23,30)(H,22,25,26)/t11-,15?,16?,20+/m1/s1. The van der Waals surface area contributed by atoms with Crippen LogP contribution < -0.4 is 10.6 Å². The van der Waals surface area contributed by atoms with Crippen LogP contribution in [0.25, 0.3) is 11.2 Å². The highest BCUT2D eigenvalue weighted by molar-refractivity contribution is 7.16. The number of aromatic nitrogens is 4. The Labute approximate surface area is 187 Å². The van der Waals surface area contributed by atoms with Gasteiger partial charge in [0.2, 0.25) is 11.7 Å². The van der Waals surface area contributed by atoms with Crippen molar-refractivity contribution in [1.82, 2.24) is 24.8 Å². The number of thiophene rings is 1. The van der Waals surface area contributed by atoms with Crippen molar-refractivity contribution in [3.8, 4) is 11.8 Å². The van der Waals surface area contributed by atoms with E-state index in [9.17, 15) is 15.0 Å². The molecule has 1 fully saturated rings. The van der Waals surface area contributed by atoms with E-state index in [0.29, 0.717) is 21.3 Å². The first-order chi connectivity index (χ1) is 14.8. The fourth-order valence-corrected chi connectivity index (χ4v) is 4.82. The molecule has 3 aromatic heterocycles. The molecular weight excluding hydrogens is 440 g/mol. The van der Waals surface area contributed by atoms with Crippen LogP contribution in [-0.4, -0.2) is 61.9 Å². The zero-order valence-electron chi connectivity index (χ0n) is 17.0. The highest BCUT2D eigenvalue weighted by atomic mass is 35.5. The van der Waals surface area contributed by atoms with Crippen LogP contribution >= 0.6 is 22.9 Å². The molecule has 0 spiro atoms. The fraction of sp³-hybridized carbons (Fsp3) is 0.400. The summed E-state index contributed by atoms with van der Waals surface area (Å²) in [6, 6.07) is 2.99. The van der Waals surface area contributed by atoms with Crippen LogP contribution in [0.4, 0.5) is 5.82 Å². The number of carbonyl (C=O) groups is 1. The van der Waals surface area contributed by atoms with Gasteiger partial charge in [0, 0.05) is 14.1 Å². The Morgan fingerprint density at radius 1 is 1.32 bits per heavy atom. The largest absolute Gasteiger partial charge is 0.389 e. The van der Waals surface area contributed by atoms with Crippen LogP contribution in [0.1, 0.15) is 30.1 Å². The lowest BCUT2D eigenvalue weighted by atomic mass is 9.85. The van der Waals surface area contributed by atoms with Gasteiger partial charge in [-0.05, 0) is 37.3 Å². The van der Waals surface area contributed by atoms with Crippen LogP contribution in [0, 0.1) is 17.3 Å². The Balaban J connectivity index is 1.78. The number of hydrogen-bond acceptors (Lipinski definition) is 8. The average molecular weight is 461 g/mol. The Morgan fingerprint density at radius 2 is 2.10 bits per heavy atom. The third kappa shape index (κ3) is 3.64. The molecule has 4 N–H and O–H groups in total. The zero-order valence-corrected chi connectivity index (χ0v) is 18.6. The minimum absolute atomic E-state index is 0.216. The second kappa shape index (κ2) is 8.09. The molecule has 0 bridgehead atoms. The number of fused-ring (bicyclic) bond motifs is 1. The lowest BCUT2D eigenvalue weighted by molar-refractivity contribution is -0.136. The van der Waals surface area contributed by atoms with Crippen molar-refractivity contribution >= 4 is 45.8 Å². The Kier molecular flexibility index (Phi) is 5.61. The highest BCUT2D eigenvalue weighted by Crippen LogP contribution is 2.45. The second-order valence-corrected chi connectivity index (χ2v) is 9.24. The average Bonchev–Trinajstić information content (AvgIpc) is 3.44. The van der Waals surface area contributed by atoms with Gasteiger partial charge < -0.3 is 25.4 Å². The molecule has 0 aromatic carbocycles. The Bertz CT molecular complexity index is 1210. The molecule has 162 valence electrons. The van der Waals surface area contributed by atoms with Crippen LogP contribution in [-0.2, 0) is 4.79 Å². The summed E-state index contributed by atoms with van der Waals surface area (Å²) >= 11 is 7.31. The van der Waals surface area contributed by atoms with Crippen molar-refractivity contribution < 1.29 is 15.0 Å². The predicted octanol–water partition coefficient (Wildman–Crippen LogP) is 1.40. The molecule has 11 heteroatoms. The van der Waals surface area contributed by atoms with Crippen LogP contribution in [0.15, 0.2) is 18.5 Å². The summed E-state index contributed by atoms with van der Waals surface area (Å²) in [6.07, 6.45) is -0.653. The SMILES string of the molecule is CNC(=O)[C@@]1(C)C[C@@H](n2cnc3c(NC)nc(C#Cc4ccc(Cl)s4)nc32)C(O)C1O. The first-order valence-corrected chi connectivity index (χ1v) is 10.8. The maximum atomic E-state index is 12.4. The van der Waals surface area contributed by atoms with Gasteiger partial charge in [0.15, 0.2) is 17.0 Å². The topological polar surface area (TPSA) is 125 Å². The van der Waals surface area contributed by atoms with Gasteiger partial charge in [-0.3, -0.25) is 4.79 Å². The zero-order chi connectivity index (χ0) is 22.3. The van der Waals surface area contributed by atoms with E-state index in [4.69, 9.17) is 11.6 Å². The highest BCUT2D eigenvalue weighted by Gasteiger charge is 2.54. The summed E-state index contributed by atoms with van der Waals surface area (Å²) in [5.41, 5.74) is -0.192. The number of halogens is 1. The van der Waals surface area contributed by atoms with Gasteiger partial charge >= 0.3 is 0 Å². The summed E-state index contributed by atoms with van der Waals surface area (Å²) in [5, 5.41) is 26.9. The molecule has 2 unspecified atom stereocenters. The van der Waals surface area contributed by atoms with E-state index in [0.717, 1.165) is 4.88 Å². The van der Waals surface area contributed by atoms with E-state index < -0.39 is 23.7 Å². The number of aliphatic hydroxyl groups is 2. The van der Waals surface area contributed by atoms with Crippen LogP contribution in [0.2, 0.25) is 4.34 Å². The third-order valence-corrected chi connectivity index (χ3v) is 6.78. The van der Waals surface area contributed by atoms with E-state index >= 15 is 0 Å². The molecule has 0 aliphatic heterocycles. The van der Waals surface area contributed by atoms with E-state index in [-0.39, 0.29) is 18.2 Å². The van der Waals surface area contributed by atoms with Crippen molar-refractivity contribution in [3.63, 3.8) is 0 Å². The molecule has 3 aromatic rings. The molecule has 1 amide bonds. The molecule has 0 saturated heterocycles. The quantitative estimate of drug-likeness (QED) is 0.435. The summed E-state index contributed by atoms with van der Waals surface area (Å²) in [4.78, 5) is 26.5.